The Kier molecular flexibility index (Phi) is 5.85. The van der Waals surface area contributed by atoms with Crippen LogP contribution in [0.15, 0.2) is 41.3 Å². The van der Waals surface area contributed by atoms with Gasteiger partial charge in [-0.25, -0.2) is 4.98 Å². The zero-order chi connectivity index (χ0) is 18.5. The van der Waals surface area contributed by atoms with Crippen molar-refractivity contribution in [2.45, 2.75) is 20.4 Å². The van der Waals surface area contributed by atoms with Crippen molar-refractivity contribution in [3.63, 3.8) is 0 Å². The van der Waals surface area contributed by atoms with Crippen molar-refractivity contribution in [3.8, 4) is 0 Å². The van der Waals surface area contributed by atoms with Gasteiger partial charge >= 0.3 is 0 Å². The van der Waals surface area contributed by atoms with E-state index >= 15 is 0 Å². The molecular formula is C20H27N5O. The SMILES string of the molecule is CC=C(C)c1cn(C)c(=O)c(Nc2ccc(CN3CCNCC3)cc2)n1. The minimum Gasteiger partial charge on any atom is -0.336 e. The fourth-order valence-corrected chi connectivity index (χ4v) is 2.98. The number of nitrogens with zero attached hydrogens (tertiary/aromatic N) is 3. The van der Waals surface area contributed by atoms with Gasteiger partial charge in [0.25, 0.3) is 5.56 Å². The molecule has 0 unspecified atom stereocenters. The van der Waals surface area contributed by atoms with Crippen molar-refractivity contribution >= 4 is 17.1 Å². The average Bonchev–Trinajstić information content (AvgIpc) is 2.67. The molecule has 2 heterocycles. The van der Waals surface area contributed by atoms with E-state index in [1.807, 2.05) is 32.1 Å². The normalized spacial score (nSPS) is 15.9. The van der Waals surface area contributed by atoms with Gasteiger partial charge in [0.2, 0.25) is 0 Å². The molecule has 2 N–H and O–H groups in total. The Morgan fingerprint density at radius 2 is 1.96 bits per heavy atom. The number of aromatic nitrogens is 2. The first kappa shape index (κ1) is 18.4. The molecule has 0 radical (unpaired) electrons. The quantitative estimate of drug-likeness (QED) is 0.864. The summed E-state index contributed by atoms with van der Waals surface area (Å²) in [4.78, 5) is 19.3. The predicted octanol–water partition coefficient (Wildman–Crippen LogP) is 2.35. The molecule has 1 saturated heterocycles. The maximum atomic E-state index is 12.4. The highest BCUT2D eigenvalue weighted by Gasteiger charge is 2.11. The van der Waals surface area contributed by atoms with E-state index in [-0.39, 0.29) is 5.56 Å². The summed E-state index contributed by atoms with van der Waals surface area (Å²) in [5.74, 6) is 0.348. The molecule has 1 fully saturated rings. The monoisotopic (exact) mass is 353 g/mol. The highest BCUT2D eigenvalue weighted by atomic mass is 16.1. The van der Waals surface area contributed by atoms with Gasteiger partial charge in [-0.3, -0.25) is 9.69 Å². The van der Waals surface area contributed by atoms with Gasteiger partial charge in [0.15, 0.2) is 5.82 Å². The van der Waals surface area contributed by atoms with Crippen LogP contribution in [-0.4, -0.2) is 40.6 Å². The second kappa shape index (κ2) is 8.29. The molecule has 6 heteroatoms. The van der Waals surface area contributed by atoms with Crippen LogP contribution in [0.5, 0.6) is 0 Å². The second-order valence-corrected chi connectivity index (χ2v) is 6.71. The lowest BCUT2D eigenvalue weighted by Gasteiger charge is -2.27. The van der Waals surface area contributed by atoms with Crippen molar-refractivity contribution in [2.75, 3.05) is 31.5 Å². The highest BCUT2D eigenvalue weighted by Crippen LogP contribution is 2.17. The third-order valence-electron chi connectivity index (χ3n) is 4.74. The summed E-state index contributed by atoms with van der Waals surface area (Å²) in [6.07, 6.45) is 3.75. The zero-order valence-electron chi connectivity index (χ0n) is 15.7. The number of aryl methyl sites for hydroxylation is 1. The lowest BCUT2D eigenvalue weighted by molar-refractivity contribution is 0.233. The van der Waals surface area contributed by atoms with Gasteiger partial charge in [-0.05, 0) is 37.1 Å². The number of piperazine rings is 1. The maximum Gasteiger partial charge on any atom is 0.293 e. The summed E-state index contributed by atoms with van der Waals surface area (Å²) >= 11 is 0. The van der Waals surface area contributed by atoms with Crippen LogP contribution in [0.3, 0.4) is 0 Å². The van der Waals surface area contributed by atoms with E-state index in [2.05, 4.69) is 32.7 Å². The Bertz CT molecular complexity index is 832. The average molecular weight is 353 g/mol. The summed E-state index contributed by atoms with van der Waals surface area (Å²) in [5.41, 5.74) is 3.84. The van der Waals surface area contributed by atoms with Crippen molar-refractivity contribution in [1.29, 1.82) is 0 Å². The van der Waals surface area contributed by atoms with Crippen LogP contribution in [0.25, 0.3) is 5.57 Å². The number of hydrogen-bond acceptors (Lipinski definition) is 5. The van der Waals surface area contributed by atoms with Crippen LogP contribution in [0.2, 0.25) is 0 Å². The number of nitrogens with one attached hydrogen (secondary N) is 2. The Hall–Kier alpha value is -2.44. The van der Waals surface area contributed by atoms with Gasteiger partial charge in [-0.15, -0.1) is 0 Å². The number of hydrogen-bond donors (Lipinski definition) is 2. The Morgan fingerprint density at radius 1 is 1.27 bits per heavy atom. The van der Waals surface area contributed by atoms with Crippen molar-refractivity contribution < 1.29 is 0 Å². The van der Waals surface area contributed by atoms with E-state index < -0.39 is 0 Å². The number of rotatable bonds is 5. The minimum absolute atomic E-state index is 0.137. The summed E-state index contributed by atoms with van der Waals surface area (Å²) in [6, 6.07) is 8.23. The first-order chi connectivity index (χ1) is 12.6. The summed E-state index contributed by atoms with van der Waals surface area (Å²) in [6.45, 7) is 9.17. The summed E-state index contributed by atoms with van der Waals surface area (Å²) < 4.78 is 1.57. The fraction of sp³-hybridized carbons (Fsp3) is 0.400. The molecule has 0 aliphatic carbocycles. The lowest BCUT2D eigenvalue weighted by atomic mass is 10.2. The molecule has 1 aliphatic heterocycles. The number of allylic oxidation sites excluding steroid dienone is 2. The van der Waals surface area contributed by atoms with E-state index in [9.17, 15) is 4.79 Å². The molecule has 0 atom stereocenters. The maximum absolute atomic E-state index is 12.4. The molecule has 0 spiro atoms. The minimum atomic E-state index is -0.137. The molecule has 3 rings (SSSR count). The fourth-order valence-electron chi connectivity index (χ4n) is 2.98. The Balaban J connectivity index is 1.74. The van der Waals surface area contributed by atoms with Gasteiger partial charge in [-0.2, -0.15) is 0 Å². The van der Waals surface area contributed by atoms with E-state index in [1.165, 1.54) is 5.56 Å². The predicted molar refractivity (Wildman–Crippen MR) is 107 cm³/mol. The van der Waals surface area contributed by atoms with Crippen LogP contribution in [0.1, 0.15) is 25.1 Å². The van der Waals surface area contributed by atoms with Crippen LogP contribution < -0.4 is 16.2 Å². The largest absolute Gasteiger partial charge is 0.336 e. The molecule has 26 heavy (non-hydrogen) atoms. The third kappa shape index (κ3) is 4.39. The second-order valence-electron chi connectivity index (χ2n) is 6.71. The van der Waals surface area contributed by atoms with E-state index in [0.29, 0.717) is 5.82 Å². The van der Waals surface area contributed by atoms with Crippen LogP contribution in [0.4, 0.5) is 11.5 Å². The molecule has 1 aliphatic rings. The molecule has 138 valence electrons. The molecule has 0 amide bonds. The van der Waals surface area contributed by atoms with Crippen molar-refractivity contribution in [3.05, 3.63) is 58.1 Å². The molecule has 0 saturated carbocycles. The van der Waals surface area contributed by atoms with Crippen molar-refractivity contribution in [2.24, 2.45) is 7.05 Å². The van der Waals surface area contributed by atoms with Gasteiger partial charge in [-0.1, -0.05) is 18.2 Å². The highest BCUT2D eigenvalue weighted by molar-refractivity contribution is 5.62. The Labute approximate surface area is 154 Å². The lowest BCUT2D eigenvalue weighted by Crippen LogP contribution is -2.42. The Morgan fingerprint density at radius 3 is 2.62 bits per heavy atom. The smallest absolute Gasteiger partial charge is 0.293 e. The molecule has 2 aromatic rings. The molecule has 1 aromatic carbocycles. The molecule has 6 nitrogen and oxygen atoms in total. The molecule has 0 bridgehead atoms. The van der Waals surface area contributed by atoms with Gasteiger partial charge in [0, 0.05) is 51.7 Å². The van der Waals surface area contributed by atoms with Gasteiger partial charge < -0.3 is 15.2 Å². The van der Waals surface area contributed by atoms with Gasteiger partial charge in [0.1, 0.15) is 0 Å². The molecule has 1 aromatic heterocycles. The van der Waals surface area contributed by atoms with Gasteiger partial charge in [0.05, 0.1) is 5.69 Å². The van der Waals surface area contributed by atoms with Crippen LogP contribution in [-0.2, 0) is 13.6 Å². The molecular weight excluding hydrogens is 326 g/mol. The third-order valence-corrected chi connectivity index (χ3v) is 4.74. The summed E-state index contributed by atoms with van der Waals surface area (Å²) in [7, 11) is 1.75. The number of anilines is 2. The first-order valence-corrected chi connectivity index (χ1v) is 9.07. The van der Waals surface area contributed by atoms with E-state index in [1.54, 1.807) is 17.8 Å². The van der Waals surface area contributed by atoms with Crippen molar-refractivity contribution in [1.82, 2.24) is 19.8 Å². The van der Waals surface area contributed by atoms with E-state index in [0.717, 1.165) is 49.7 Å². The number of benzene rings is 1. The zero-order valence-corrected chi connectivity index (χ0v) is 15.7. The first-order valence-electron chi connectivity index (χ1n) is 9.07. The summed E-state index contributed by atoms with van der Waals surface area (Å²) in [5, 5.41) is 6.54. The van der Waals surface area contributed by atoms with Crippen LogP contribution in [0, 0.1) is 0 Å². The van der Waals surface area contributed by atoms with Crippen LogP contribution >= 0.6 is 0 Å². The standard InChI is InChI=1S/C20H27N5O/c1-4-15(2)18-14-24(3)20(26)19(23-18)22-17-7-5-16(6-8-17)13-25-11-9-21-10-12-25/h4-8,14,21H,9-13H2,1-3H3,(H,22,23). The topological polar surface area (TPSA) is 62.2 Å². The van der Waals surface area contributed by atoms with E-state index in [4.69, 9.17) is 0 Å².